The lowest BCUT2D eigenvalue weighted by Crippen LogP contribution is -2.58. The molecule has 0 amide bonds. The summed E-state index contributed by atoms with van der Waals surface area (Å²) < 4.78 is 10.2. The molecule has 1 aromatic heterocycles. The molecule has 1 aliphatic rings. The second-order valence-electron chi connectivity index (χ2n) is 6.87. The lowest BCUT2D eigenvalue weighted by atomic mass is 9.64. The number of hydrogen-bond acceptors (Lipinski definition) is 5. The van der Waals surface area contributed by atoms with Crippen molar-refractivity contribution in [3.63, 3.8) is 0 Å². The van der Waals surface area contributed by atoms with Crippen LogP contribution in [0.4, 0.5) is 5.13 Å². The molecule has 0 aliphatic heterocycles. The minimum atomic E-state index is 0.0133. The van der Waals surface area contributed by atoms with Crippen LogP contribution in [0.3, 0.4) is 0 Å². The first kappa shape index (κ1) is 14.7. The molecule has 0 bridgehead atoms. The van der Waals surface area contributed by atoms with Crippen molar-refractivity contribution in [2.24, 2.45) is 5.41 Å². The third-order valence-corrected chi connectivity index (χ3v) is 4.59. The number of rotatable bonds is 4. The Morgan fingerprint density at radius 2 is 2.11 bits per heavy atom. The van der Waals surface area contributed by atoms with Crippen molar-refractivity contribution in [2.45, 2.75) is 65.5 Å². The first-order valence-corrected chi connectivity index (χ1v) is 7.74. The maximum Gasteiger partial charge on any atom is 0.202 e. The highest BCUT2D eigenvalue weighted by Gasteiger charge is 2.49. The molecule has 19 heavy (non-hydrogen) atoms. The molecule has 1 heterocycles. The minimum Gasteiger partial charge on any atom is -0.378 e. The monoisotopic (exact) mass is 283 g/mol. The third-order valence-electron chi connectivity index (χ3n) is 3.94. The zero-order chi connectivity index (χ0) is 14.3. The lowest BCUT2D eigenvalue weighted by Gasteiger charge is -2.51. The lowest BCUT2D eigenvalue weighted by molar-refractivity contribution is -0.0976. The summed E-state index contributed by atoms with van der Waals surface area (Å²) in [7, 11) is 0. The second-order valence-corrected chi connectivity index (χ2v) is 7.62. The van der Waals surface area contributed by atoms with Crippen molar-refractivity contribution >= 4 is 16.7 Å². The predicted octanol–water partition coefficient (Wildman–Crippen LogP) is 3.45. The van der Waals surface area contributed by atoms with Gasteiger partial charge in [-0.25, -0.2) is 4.98 Å². The molecular formula is C14H25N3OS. The first-order valence-electron chi connectivity index (χ1n) is 6.97. The molecule has 2 rings (SSSR count). The number of nitrogens with zero attached hydrogens (tertiary/aromatic N) is 2. The molecule has 2 unspecified atom stereocenters. The number of anilines is 1. The standard InChI is InChI=1S/C14H25N3OS/c1-7-18-10-8-9(14(10,5)6)15-12-16-11(17-19-12)13(2,3)4/h9-10H,7-8H2,1-6H3,(H,15,16,17). The Morgan fingerprint density at radius 3 is 2.58 bits per heavy atom. The maximum atomic E-state index is 5.75. The average Bonchev–Trinajstić information content (AvgIpc) is 2.76. The molecule has 0 radical (unpaired) electrons. The van der Waals surface area contributed by atoms with Gasteiger partial charge in [-0.05, 0) is 13.3 Å². The van der Waals surface area contributed by atoms with E-state index in [1.54, 1.807) is 0 Å². The third kappa shape index (κ3) is 2.92. The largest absolute Gasteiger partial charge is 0.378 e. The fourth-order valence-corrected chi connectivity index (χ4v) is 3.16. The molecule has 1 saturated carbocycles. The molecule has 0 aromatic carbocycles. The Bertz CT molecular complexity index is 436. The molecule has 1 aromatic rings. The molecule has 1 N–H and O–H groups in total. The van der Waals surface area contributed by atoms with Gasteiger partial charge in [0.2, 0.25) is 5.13 Å². The minimum absolute atomic E-state index is 0.0133. The van der Waals surface area contributed by atoms with E-state index in [9.17, 15) is 0 Å². The van der Waals surface area contributed by atoms with E-state index >= 15 is 0 Å². The SMILES string of the molecule is CCOC1CC(Nc2nc(C(C)(C)C)ns2)C1(C)C. The number of aromatic nitrogens is 2. The first-order chi connectivity index (χ1) is 8.75. The smallest absolute Gasteiger partial charge is 0.202 e. The van der Waals surface area contributed by atoms with Crippen molar-refractivity contribution in [1.82, 2.24) is 9.36 Å². The molecule has 1 aliphatic carbocycles. The van der Waals surface area contributed by atoms with Gasteiger partial charge in [-0.15, -0.1) is 0 Å². The number of ether oxygens (including phenoxy) is 1. The quantitative estimate of drug-likeness (QED) is 0.919. The van der Waals surface area contributed by atoms with E-state index < -0.39 is 0 Å². The molecular weight excluding hydrogens is 258 g/mol. The Hall–Kier alpha value is -0.680. The van der Waals surface area contributed by atoms with E-state index in [0.717, 1.165) is 24.0 Å². The van der Waals surface area contributed by atoms with Crippen LogP contribution < -0.4 is 5.32 Å². The zero-order valence-electron chi connectivity index (χ0n) is 12.8. The summed E-state index contributed by atoms with van der Waals surface area (Å²) in [6.07, 6.45) is 1.40. The number of hydrogen-bond donors (Lipinski definition) is 1. The van der Waals surface area contributed by atoms with Gasteiger partial charge in [-0.3, -0.25) is 0 Å². The molecule has 1 fully saturated rings. The molecule has 4 nitrogen and oxygen atoms in total. The summed E-state index contributed by atoms with van der Waals surface area (Å²) in [4.78, 5) is 4.60. The van der Waals surface area contributed by atoms with E-state index in [4.69, 9.17) is 4.74 Å². The average molecular weight is 283 g/mol. The fourth-order valence-electron chi connectivity index (χ4n) is 2.35. The van der Waals surface area contributed by atoms with Gasteiger partial charge in [-0.2, -0.15) is 4.37 Å². The van der Waals surface area contributed by atoms with Crippen LogP contribution in [0.5, 0.6) is 0 Å². The van der Waals surface area contributed by atoms with Crippen LogP contribution in [0.1, 0.15) is 53.8 Å². The Balaban J connectivity index is 1.98. The van der Waals surface area contributed by atoms with Crippen LogP contribution in [0.2, 0.25) is 0 Å². The topological polar surface area (TPSA) is 47.0 Å². The molecule has 108 valence electrons. The summed E-state index contributed by atoms with van der Waals surface area (Å²) in [6, 6.07) is 0.421. The van der Waals surface area contributed by atoms with Crippen molar-refractivity contribution in [2.75, 3.05) is 11.9 Å². The summed E-state index contributed by atoms with van der Waals surface area (Å²) >= 11 is 1.46. The summed E-state index contributed by atoms with van der Waals surface area (Å²) in [6.45, 7) is 13.7. The van der Waals surface area contributed by atoms with Crippen molar-refractivity contribution in [3.8, 4) is 0 Å². The Kier molecular flexibility index (Phi) is 3.89. The van der Waals surface area contributed by atoms with Crippen LogP contribution >= 0.6 is 11.5 Å². The van der Waals surface area contributed by atoms with Gasteiger partial charge in [0, 0.05) is 35.0 Å². The van der Waals surface area contributed by atoms with Crippen LogP contribution in [0.25, 0.3) is 0 Å². The van der Waals surface area contributed by atoms with E-state index in [-0.39, 0.29) is 10.8 Å². The predicted molar refractivity (Wildman–Crippen MR) is 79.8 cm³/mol. The van der Waals surface area contributed by atoms with Crippen LogP contribution in [-0.2, 0) is 10.2 Å². The van der Waals surface area contributed by atoms with Gasteiger partial charge in [0.25, 0.3) is 0 Å². The highest BCUT2D eigenvalue weighted by atomic mass is 32.1. The fraction of sp³-hybridized carbons (Fsp3) is 0.857. The highest BCUT2D eigenvalue weighted by Crippen LogP contribution is 2.44. The van der Waals surface area contributed by atoms with E-state index in [1.165, 1.54) is 11.5 Å². The van der Waals surface area contributed by atoms with E-state index in [2.05, 4.69) is 56.2 Å². The molecule has 5 heteroatoms. The summed E-state index contributed by atoms with van der Waals surface area (Å²) in [5, 5.41) is 4.44. The molecule has 2 atom stereocenters. The van der Waals surface area contributed by atoms with Crippen LogP contribution in [0.15, 0.2) is 0 Å². The van der Waals surface area contributed by atoms with Gasteiger partial charge < -0.3 is 10.1 Å². The Morgan fingerprint density at radius 1 is 1.42 bits per heavy atom. The zero-order valence-corrected chi connectivity index (χ0v) is 13.6. The van der Waals surface area contributed by atoms with Crippen molar-refractivity contribution < 1.29 is 4.74 Å². The normalized spacial score (nSPS) is 26.0. The van der Waals surface area contributed by atoms with Gasteiger partial charge in [-0.1, -0.05) is 34.6 Å². The van der Waals surface area contributed by atoms with Gasteiger partial charge in [0.15, 0.2) is 0 Å². The van der Waals surface area contributed by atoms with Crippen molar-refractivity contribution in [3.05, 3.63) is 5.82 Å². The van der Waals surface area contributed by atoms with Gasteiger partial charge >= 0.3 is 0 Å². The molecule has 0 saturated heterocycles. The van der Waals surface area contributed by atoms with E-state index in [1.807, 2.05) is 0 Å². The van der Waals surface area contributed by atoms with Crippen molar-refractivity contribution in [1.29, 1.82) is 0 Å². The summed E-state index contributed by atoms with van der Waals surface area (Å²) in [5.74, 6) is 0.915. The van der Waals surface area contributed by atoms with E-state index in [0.29, 0.717) is 12.1 Å². The number of nitrogens with one attached hydrogen (secondary N) is 1. The Labute approximate surface area is 120 Å². The second kappa shape index (κ2) is 5.02. The summed E-state index contributed by atoms with van der Waals surface area (Å²) in [5.41, 5.74) is 0.170. The maximum absolute atomic E-state index is 5.75. The highest BCUT2D eigenvalue weighted by molar-refractivity contribution is 7.09. The van der Waals surface area contributed by atoms with Crippen LogP contribution in [0, 0.1) is 5.41 Å². The molecule has 0 spiro atoms. The van der Waals surface area contributed by atoms with Crippen LogP contribution in [-0.4, -0.2) is 28.1 Å². The van der Waals surface area contributed by atoms with Gasteiger partial charge in [0.1, 0.15) is 5.82 Å². The van der Waals surface area contributed by atoms with Gasteiger partial charge in [0.05, 0.1) is 6.10 Å².